The van der Waals surface area contributed by atoms with Gasteiger partial charge in [0.15, 0.2) is 6.61 Å². The third-order valence-electron chi connectivity index (χ3n) is 2.98. The number of carbonyl (C=O) groups is 2. The van der Waals surface area contributed by atoms with E-state index in [2.05, 4.69) is 48.0 Å². The van der Waals surface area contributed by atoms with Gasteiger partial charge in [0.05, 0.1) is 21.7 Å². The molecular weight excluding hydrogens is 477 g/mol. The van der Waals surface area contributed by atoms with Crippen molar-refractivity contribution < 1.29 is 23.5 Å². The highest BCUT2D eigenvalue weighted by Crippen LogP contribution is 2.34. The fourth-order valence-electron chi connectivity index (χ4n) is 1.87. The van der Waals surface area contributed by atoms with E-state index in [4.69, 9.17) is 9.47 Å². The van der Waals surface area contributed by atoms with Crippen LogP contribution in [-0.4, -0.2) is 25.7 Å². The van der Waals surface area contributed by atoms with Crippen LogP contribution in [0.3, 0.4) is 0 Å². The van der Waals surface area contributed by atoms with Crippen LogP contribution in [0.25, 0.3) is 0 Å². The van der Waals surface area contributed by atoms with Crippen molar-refractivity contribution in [3.05, 3.63) is 51.2 Å². The fourth-order valence-corrected chi connectivity index (χ4v) is 3.23. The third kappa shape index (κ3) is 5.60. The third-order valence-corrected chi connectivity index (χ3v) is 4.16. The van der Waals surface area contributed by atoms with Crippen LogP contribution in [0, 0.1) is 5.82 Å². The molecule has 138 valence electrons. The van der Waals surface area contributed by atoms with Crippen LogP contribution in [-0.2, 0) is 4.79 Å². The zero-order valence-corrected chi connectivity index (χ0v) is 16.6. The minimum atomic E-state index is -0.660. The summed E-state index contributed by atoms with van der Waals surface area (Å²) in [5.74, 6) is -0.332. The van der Waals surface area contributed by atoms with Crippen molar-refractivity contribution in [1.29, 1.82) is 0 Å². The Bertz CT molecular complexity index is 797. The largest absolute Gasteiger partial charge is 0.495 e. The van der Waals surface area contributed by atoms with Gasteiger partial charge in [-0.15, -0.1) is 0 Å². The monoisotopic (exact) mass is 489 g/mol. The molecule has 0 aliphatic rings. The lowest BCUT2D eigenvalue weighted by molar-refractivity contribution is -0.123. The van der Waals surface area contributed by atoms with Crippen molar-refractivity contribution in [2.24, 2.45) is 0 Å². The highest BCUT2D eigenvalue weighted by atomic mass is 79.9. The Morgan fingerprint density at radius 1 is 1.12 bits per heavy atom. The molecule has 7 nitrogen and oxygen atoms in total. The molecule has 0 fully saturated rings. The molecule has 2 aromatic rings. The lowest BCUT2D eigenvalue weighted by Crippen LogP contribution is -2.45. The molecule has 0 spiro atoms. The normalized spacial score (nSPS) is 10.0. The Kier molecular flexibility index (Phi) is 7.22. The van der Waals surface area contributed by atoms with Gasteiger partial charge >= 0.3 is 6.03 Å². The molecule has 0 aliphatic carbocycles. The van der Waals surface area contributed by atoms with Crippen LogP contribution < -0.4 is 25.6 Å². The minimum absolute atomic E-state index is 0.264. The average Bonchev–Trinajstić information content (AvgIpc) is 2.59. The number of hydrazine groups is 1. The second-order valence-electron chi connectivity index (χ2n) is 4.81. The maximum atomic E-state index is 13.2. The summed E-state index contributed by atoms with van der Waals surface area (Å²) < 4.78 is 24.3. The maximum absolute atomic E-state index is 13.2. The van der Waals surface area contributed by atoms with E-state index in [0.29, 0.717) is 20.4 Å². The number of urea groups is 1. The Labute approximate surface area is 165 Å². The summed E-state index contributed by atoms with van der Waals surface area (Å²) in [4.78, 5) is 23.6. The molecule has 26 heavy (non-hydrogen) atoms. The number of nitrogens with one attached hydrogen (secondary N) is 3. The number of ether oxygens (including phenoxy) is 2. The van der Waals surface area contributed by atoms with Gasteiger partial charge in [-0.2, -0.15) is 0 Å². The summed E-state index contributed by atoms with van der Waals surface area (Å²) in [6.45, 7) is -0.391. The predicted molar refractivity (Wildman–Crippen MR) is 101 cm³/mol. The van der Waals surface area contributed by atoms with E-state index in [-0.39, 0.29) is 5.75 Å². The molecule has 0 aliphatic heterocycles. The van der Waals surface area contributed by atoms with Gasteiger partial charge in [-0.05, 0) is 56.1 Å². The summed E-state index contributed by atoms with van der Waals surface area (Å²) in [5, 5.41) is 2.53. The van der Waals surface area contributed by atoms with E-state index in [1.165, 1.54) is 19.2 Å². The molecule has 0 atom stereocenters. The summed E-state index contributed by atoms with van der Waals surface area (Å²) >= 11 is 6.29. The van der Waals surface area contributed by atoms with E-state index in [1.54, 1.807) is 24.3 Å². The van der Waals surface area contributed by atoms with Crippen molar-refractivity contribution in [2.45, 2.75) is 0 Å². The molecule has 0 saturated carbocycles. The molecule has 3 amide bonds. The Morgan fingerprint density at radius 2 is 1.77 bits per heavy atom. The Balaban J connectivity index is 1.82. The smallest absolute Gasteiger partial charge is 0.338 e. The quantitative estimate of drug-likeness (QED) is 0.559. The first kappa shape index (κ1) is 20.0. The number of hydrogen-bond acceptors (Lipinski definition) is 4. The average molecular weight is 491 g/mol. The Morgan fingerprint density at radius 3 is 2.42 bits per heavy atom. The fraction of sp³-hybridized carbons (Fsp3) is 0.125. The van der Waals surface area contributed by atoms with Crippen LogP contribution in [0.4, 0.5) is 14.9 Å². The van der Waals surface area contributed by atoms with Gasteiger partial charge < -0.3 is 14.8 Å². The zero-order valence-electron chi connectivity index (χ0n) is 13.4. The van der Waals surface area contributed by atoms with Gasteiger partial charge in [-0.3, -0.25) is 10.2 Å². The van der Waals surface area contributed by atoms with E-state index >= 15 is 0 Å². The van der Waals surface area contributed by atoms with E-state index in [1.807, 2.05) is 0 Å². The number of carbonyl (C=O) groups excluding carboxylic acids is 2. The van der Waals surface area contributed by atoms with Crippen molar-refractivity contribution in [1.82, 2.24) is 10.9 Å². The highest BCUT2D eigenvalue weighted by molar-refractivity contribution is 9.11. The van der Waals surface area contributed by atoms with Gasteiger partial charge in [0.25, 0.3) is 5.91 Å². The van der Waals surface area contributed by atoms with Crippen molar-refractivity contribution in [3.8, 4) is 11.5 Å². The standard InChI is InChI=1S/C16H14Br2FN3O4/c1-25-13-5-3-2-4-12(13)20-16(24)22-21-14(23)8-26-15-10(17)6-9(19)7-11(15)18/h2-7H,8H2,1H3,(H,21,23)(H2,20,22,24). The summed E-state index contributed by atoms with van der Waals surface area (Å²) in [6, 6.07) is 8.56. The van der Waals surface area contributed by atoms with Crippen molar-refractivity contribution in [2.75, 3.05) is 19.0 Å². The van der Waals surface area contributed by atoms with E-state index < -0.39 is 24.4 Å². The van der Waals surface area contributed by atoms with E-state index in [0.717, 1.165) is 0 Å². The number of anilines is 1. The lowest BCUT2D eigenvalue weighted by atomic mass is 10.3. The number of hydrogen-bond donors (Lipinski definition) is 3. The first-order valence-electron chi connectivity index (χ1n) is 7.17. The molecular formula is C16H14Br2FN3O4. The second-order valence-corrected chi connectivity index (χ2v) is 6.52. The summed E-state index contributed by atoms with van der Waals surface area (Å²) in [5.41, 5.74) is 4.82. The lowest BCUT2D eigenvalue weighted by Gasteiger charge is -2.13. The molecule has 0 unspecified atom stereocenters. The molecule has 2 aromatic carbocycles. The summed E-state index contributed by atoms with van der Waals surface area (Å²) in [6.07, 6.45) is 0. The Hall–Kier alpha value is -2.33. The number of para-hydroxylation sites is 2. The topological polar surface area (TPSA) is 88.7 Å². The molecule has 3 N–H and O–H groups in total. The minimum Gasteiger partial charge on any atom is -0.495 e. The maximum Gasteiger partial charge on any atom is 0.338 e. The van der Waals surface area contributed by atoms with Crippen LogP contribution >= 0.6 is 31.9 Å². The molecule has 0 bridgehead atoms. The van der Waals surface area contributed by atoms with Gasteiger partial charge in [0.1, 0.15) is 17.3 Å². The summed E-state index contributed by atoms with van der Waals surface area (Å²) in [7, 11) is 1.48. The van der Waals surface area contributed by atoms with Gasteiger partial charge in [0, 0.05) is 0 Å². The second kappa shape index (κ2) is 9.39. The van der Waals surface area contributed by atoms with Crippen LogP contribution in [0.15, 0.2) is 45.3 Å². The molecule has 0 heterocycles. The van der Waals surface area contributed by atoms with Crippen LogP contribution in [0.1, 0.15) is 0 Å². The molecule has 0 saturated heterocycles. The SMILES string of the molecule is COc1ccccc1NC(=O)NNC(=O)COc1c(Br)cc(F)cc1Br. The van der Waals surface area contributed by atoms with Crippen molar-refractivity contribution >= 4 is 49.5 Å². The first-order valence-corrected chi connectivity index (χ1v) is 8.75. The number of benzene rings is 2. The molecule has 0 radical (unpaired) electrons. The molecule has 2 rings (SSSR count). The van der Waals surface area contributed by atoms with Crippen molar-refractivity contribution in [3.63, 3.8) is 0 Å². The van der Waals surface area contributed by atoms with Crippen LogP contribution in [0.2, 0.25) is 0 Å². The van der Waals surface area contributed by atoms with Crippen LogP contribution in [0.5, 0.6) is 11.5 Å². The van der Waals surface area contributed by atoms with Gasteiger partial charge in [-0.25, -0.2) is 14.6 Å². The number of halogens is 3. The van der Waals surface area contributed by atoms with Gasteiger partial charge in [0.2, 0.25) is 0 Å². The highest BCUT2D eigenvalue weighted by Gasteiger charge is 2.12. The number of rotatable bonds is 5. The first-order chi connectivity index (χ1) is 12.4. The molecule has 0 aromatic heterocycles. The van der Waals surface area contributed by atoms with E-state index in [9.17, 15) is 14.0 Å². The molecule has 10 heteroatoms. The van der Waals surface area contributed by atoms with Gasteiger partial charge in [-0.1, -0.05) is 12.1 Å². The zero-order chi connectivity index (χ0) is 19.1. The number of amides is 3. The predicted octanol–water partition coefficient (Wildman–Crippen LogP) is 3.59. The number of methoxy groups -OCH3 is 1.